The zero-order chi connectivity index (χ0) is 14.5. The largest absolute Gasteiger partial charge is 0.348 e. The molecular formula is C17H22N2O2. The van der Waals surface area contributed by atoms with Gasteiger partial charge in [0, 0.05) is 18.8 Å². The van der Waals surface area contributed by atoms with E-state index in [1.54, 1.807) is 6.20 Å². The maximum Gasteiger partial charge on any atom is 0.186 e. The molecule has 0 amide bonds. The summed E-state index contributed by atoms with van der Waals surface area (Å²) < 4.78 is 14.3. The summed E-state index contributed by atoms with van der Waals surface area (Å²) in [5.74, 6) is -0.547. The van der Waals surface area contributed by atoms with E-state index in [1.165, 1.54) is 5.56 Å². The first-order valence-electron chi connectivity index (χ1n) is 7.57. The van der Waals surface area contributed by atoms with E-state index in [9.17, 15) is 0 Å². The number of aromatic nitrogens is 2. The van der Waals surface area contributed by atoms with E-state index in [1.807, 2.05) is 23.2 Å². The third-order valence-corrected chi connectivity index (χ3v) is 3.93. The van der Waals surface area contributed by atoms with Gasteiger partial charge in [0.05, 0.1) is 25.6 Å². The highest BCUT2D eigenvalue weighted by atomic mass is 16.7. The van der Waals surface area contributed by atoms with Crippen LogP contribution in [0.15, 0.2) is 49.1 Å². The molecule has 1 aliphatic rings. The molecular weight excluding hydrogens is 264 g/mol. The Balaban J connectivity index is 1.72. The van der Waals surface area contributed by atoms with Crippen molar-refractivity contribution in [3.05, 3.63) is 54.6 Å². The highest BCUT2D eigenvalue weighted by Gasteiger charge is 2.37. The van der Waals surface area contributed by atoms with Crippen molar-refractivity contribution in [2.45, 2.75) is 44.6 Å². The number of aryl methyl sites for hydroxylation is 1. The Bertz CT molecular complexity index is 541. The van der Waals surface area contributed by atoms with Gasteiger partial charge in [0.1, 0.15) is 0 Å². The molecule has 2 heterocycles. The van der Waals surface area contributed by atoms with Crippen molar-refractivity contribution >= 4 is 0 Å². The third-order valence-electron chi connectivity index (χ3n) is 3.93. The lowest BCUT2D eigenvalue weighted by Crippen LogP contribution is -2.47. The van der Waals surface area contributed by atoms with E-state index in [2.05, 4.69) is 36.2 Å². The van der Waals surface area contributed by atoms with Crippen LogP contribution in [0.1, 0.15) is 25.3 Å². The first kappa shape index (κ1) is 14.3. The van der Waals surface area contributed by atoms with Gasteiger partial charge < -0.3 is 14.0 Å². The van der Waals surface area contributed by atoms with E-state index < -0.39 is 5.79 Å². The van der Waals surface area contributed by atoms with Crippen molar-refractivity contribution in [3.8, 4) is 0 Å². The molecule has 0 bridgehead atoms. The molecule has 2 aromatic rings. The van der Waals surface area contributed by atoms with Crippen LogP contribution in [-0.4, -0.2) is 28.0 Å². The topological polar surface area (TPSA) is 36.3 Å². The molecule has 3 rings (SSSR count). The second kappa shape index (κ2) is 6.41. The number of rotatable bonds is 5. The monoisotopic (exact) mass is 286 g/mol. The summed E-state index contributed by atoms with van der Waals surface area (Å²) in [7, 11) is 0. The zero-order valence-electron chi connectivity index (χ0n) is 12.4. The van der Waals surface area contributed by atoms with Gasteiger partial charge in [-0.1, -0.05) is 30.3 Å². The average Bonchev–Trinajstić information content (AvgIpc) is 2.99. The SMILES string of the molecule is CC1CCOC(CCc2ccccc2)(Cn2ccnc2)O1. The molecule has 2 unspecified atom stereocenters. The summed E-state index contributed by atoms with van der Waals surface area (Å²) in [6.45, 7) is 3.56. The number of hydrogen-bond acceptors (Lipinski definition) is 3. The van der Waals surface area contributed by atoms with Gasteiger partial charge in [-0.05, 0) is 25.3 Å². The first-order valence-corrected chi connectivity index (χ1v) is 7.57. The van der Waals surface area contributed by atoms with Gasteiger partial charge in [-0.3, -0.25) is 0 Å². The minimum Gasteiger partial charge on any atom is -0.348 e. The maximum absolute atomic E-state index is 6.20. The van der Waals surface area contributed by atoms with Crippen LogP contribution in [0.5, 0.6) is 0 Å². The van der Waals surface area contributed by atoms with E-state index in [0.717, 1.165) is 25.9 Å². The summed E-state index contributed by atoms with van der Waals surface area (Å²) in [5, 5.41) is 0. The lowest BCUT2D eigenvalue weighted by Gasteiger charge is -2.40. The van der Waals surface area contributed by atoms with Gasteiger partial charge in [-0.25, -0.2) is 4.98 Å². The van der Waals surface area contributed by atoms with E-state index in [0.29, 0.717) is 6.54 Å². The van der Waals surface area contributed by atoms with Crippen molar-refractivity contribution in [1.29, 1.82) is 0 Å². The standard InChI is InChI=1S/C17H22N2O2/c1-15-8-12-20-17(21-15,13-19-11-10-18-14-19)9-7-16-5-3-2-4-6-16/h2-6,10-11,14-15H,7-9,12-13H2,1H3. The molecule has 112 valence electrons. The van der Waals surface area contributed by atoms with Crippen LogP contribution in [0.3, 0.4) is 0 Å². The van der Waals surface area contributed by atoms with E-state index >= 15 is 0 Å². The molecule has 1 saturated heterocycles. The van der Waals surface area contributed by atoms with Crippen LogP contribution in [0.4, 0.5) is 0 Å². The molecule has 1 aliphatic heterocycles. The molecule has 21 heavy (non-hydrogen) atoms. The van der Waals surface area contributed by atoms with Crippen molar-refractivity contribution in [3.63, 3.8) is 0 Å². The van der Waals surface area contributed by atoms with Crippen LogP contribution >= 0.6 is 0 Å². The lowest BCUT2D eigenvalue weighted by molar-refractivity contribution is -0.298. The zero-order valence-corrected chi connectivity index (χ0v) is 12.4. The summed E-state index contributed by atoms with van der Waals surface area (Å²) in [4.78, 5) is 4.11. The van der Waals surface area contributed by atoms with Gasteiger partial charge in [0.25, 0.3) is 0 Å². The predicted octanol–water partition coefficient (Wildman–Crippen LogP) is 3.04. The van der Waals surface area contributed by atoms with Crippen LogP contribution < -0.4 is 0 Å². The summed E-state index contributed by atoms with van der Waals surface area (Å²) in [6.07, 6.45) is 8.54. The first-order chi connectivity index (χ1) is 10.3. The van der Waals surface area contributed by atoms with Crippen molar-refractivity contribution in [1.82, 2.24) is 9.55 Å². The molecule has 0 N–H and O–H groups in total. The fraction of sp³-hybridized carbons (Fsp3) is 0.471. The molecule has 1 aromatic carbocycles. The highest BCUT2D eigenvalue weighted by molar-refractivity contribution is 5.15. The van der Waals surface area contributed by atoms with Crippen molar-refractivity contribution in [2.24, 2.45) is 0 Å². The molecule has 2 atom stereocenters. The smallest absolute Gasteiger partial charge is 0.186 e. The van der Waals surface area contributed by atoms with Crippen LogP contribution in [0.2, 0.25) is 0 Å². The summed E-state index contributed by atoms with van der Waals surface area (Å²) >= 11 is 0. The summed E-state index contributed by atoms with van der Waals surface area (Å²) in [5.41, 5.74) is 1.31. The van der Waals surface area contributed by atoms with E-state index in [4.69, 9.17) is 9.47 Å². The minimum atomic E-state index is -0.547. The quantitative estimate of drug-likeness (QED) is 0.847. The average molecular weight is 286 g/mol. The Hall–Kier alpha value is -1.65. The van der Waals surface area contributed by atoms with E-state index in [-0.39, 0.29) is 6.10 Å². The van der Waals surface area contributed by atoms with Crippen LogP contribution in [-0.2, 0) is 22.4 Å². The predicted molar refractivity (Wildman–Crippen MR) is 80.8 cm³/mol. The Kier molecular flexibility index (Phi) is 4.36. The lowest BCUT2D eigenvalue weighted by atomic mass is 10.0. The van der Waals surface area contributed by atoms with Gasteiger partial charge >= 0.3 is 0 Å². The number of nitrogens with zero attached hydrogens (tertiary/aromatic N) is 2. The molecule has 0 radical (unpaired) electrons. The number of benzene rings is 1. The second-order valence-electron chi connectivity index (χ2n) is 5.70. The van der Waals surface area contributed by atoms with Gasteiger partial charge in [0.15, 0.2) is 5.79 Å². The molecule has 0 saturated carbocycles. The fourth-order valence-corrected chi connectivity index (χ4v) is 2.80. The van der Waals surface area contributed by atoms with Crippen molar-refractivity contribution in [2.75, 3.05) is 6.61 Å². The fourth-order valence-electron chi connectivity index (χ4n) is 2.80. The Morgan fingerprint density at radius 3 is 2.90 bits per heavy atom. The van der Waals surface area contributed by atoms with Crippen molar-refractivity contribution < 1.29 is 9.47 Å². The molecule has 4 nitrogen and oxygen atoms in total. The Morgan fingerprint density at radius 1 is 1.33 bits per heavy atom. The Morgan fingerprint density at radius 2 is 2.19 bits per heavy atom. The Labute approximate surface area is 125 Å². The van der Waals surface area contributed by atoms with Crippen LogP contribution in [0, 0.1) is 0 Å². The van der Waals surface area contributed by atoms with Gasteiger partial charge in [0.2, 0.25) is 0 Å². The minimum absolute atomic E-state index is 0.234. The summed E-state index contributed by atoms with van der Waals surface area (Å²) in [6, 6.07) is 10.5. The maximum atomic E-state index is 6.20. The third kappa shape index (κ3) is 3.71. The number of hydrogen-bond donors (Lipinski definition) is 0. The second-order valence-corrected chi connectivity index (χ2v) is 5.70. The molecule has 1 fully saturated rings. The molecule has 4 heteroatoms. The highest BCUT2D eigenvalue weighted by Crippen LogP contribution is 2.29. The van der Waals surface area contributed by atoms with Gasteiger partial charge in [-0.2, -0.15) is 0 Å². The molecule has 1 aromatic heterocycles. The molecule has 0 spiro atoms. The van der Waals surface area contributed by atoms with Crippen LogP contribution in [0.25, 0.3) is 0 Å². The normalized spacial score (nSPS) is 25.9. The number of imidazole rings is 1. The van der Waals surface area contributed by atoms with Gasteiger partial charge in [-0.15, -0.1) is 0 Å². The number of ether oxygens (including phenoxy) is 2. The molecule has 0 aliphatic carbocycles.